The Hall–Kier alpha value is -2.12. The Morgan fingerprint density at radius 2 is 2.07 bits per heavy atom. The van der Waals surface area contributed by atoms with Crippen molar-refractivity contribution in [2.75, 3.05) is 60.2 Å². The molecular formula is C23H38N4O3. The Labute approximate surface area is 181 Å². The molecule has 0 unspecified atom stereocenters. The van der Waals surface area contributed by atoms with E-state index in [1.165, 1.54) is 0 Å². The molecule has 1 fully saturated rings. The van der Waals surface area contributed by atoms with Crippen LogP contribution in [0, 0.1) is 5.92 Å². The van der Waals surface area contributed by atoms with Crippen LogP contribution in [0.15, 0.2) is 29.3 Å². The number of hydrogen-bond donors (Lipinski definition) is 2. The number of hydrogen-bond acceptors (Lipinski definition) is 4. The molecule has 1 aliphatic heterocycles. The van der Waals surface area contributed by atoms with Crippen molar-refractivity contribution < 1.29 is 14.3 Å². The van der Waals surface area contributed by atoms with E-state index in [0.717, 1.165) is 88.8 Å². The van der Waals surface area contributed by atoms with Crippen molar-refractivity contribution in [3.63, 3.8) is 0 Å². The van der Waals surface area contributed by atoms with Crippen molar-refractivity contribution in [1.82, 2.24) is 15.5 Å². The van der Waals surface area contributed by atoms with E-state index in [1.807, 2.05) is 24.3 Å². The first kappa shape index (κ1) is 24.2. The van der Waals surface area contributed by atoms with Crippen molar-refractivity contribution in [3.05, 3.63) is 35.4 Å². The van der Waals surface area contributed by atoms with Gasteiger partial charge >= 0.3 is 0 Å². The second kappa shape index (κ2) is 14.0. The number of aliphatic imine (C=N–C) groups is 1. The van der Waals surface area contributed by atoms with Crippen LogP contribution in [-0.2, 0) is 15.9 Å². The monoisotopic (exact) mass is 418 g/mol. The van der Waals surface area contributed by atoms with E-state index < -0.39 is 0 Å². The Morgan fingerprint density at radius 3 is 2.80 bits per heavy atom. The summed E-state index contributed by atoms with van der Waals surface area (Å²) >= 11 is 0. The van der Waals surface area contributed by atoms with Crippen LogP contribution in [0.2, 0.25) is 0 Å². The van der Waals surface area contributed by atoms with Gasteiger partial charge in [0.05, 0.1) is 0 Å². The molecule has 0 atom stereocenters. The molecular weight excluding hydrogens is 380 g/mol. The first-order valence-corrected chi connectivity index (χ1v) is 11.1. The second-order valence-corrected chi connectivity index (χ2v) is 7.82. The molecule has 1 aliphatic rings. The Balaban J connectivity index is 1.68. The van der Waals surface area contributed by atoms with E-state index in [1.54, 1.807) is 19.0 Å². The first-order chi connectivity index (χ1) is 14.6. The van der Waals surface area contributed by atoms with Crippen LogP contribution in [0.1, 0.15) is 42.1 Å². The zero-order valence-corrected chi connectivity index (χ0v) is 18.8. The smallest absolute Gasteiger partial charge is 0.253 e. The highest BCUT2D eigenvalue weighted by Crippen LogP contribution is 2.14. The number of ether oxygens (including phenoxy) is 2. The lowest BCUT2D eigenvalue weighted by Crippen LogP contribution is -2.38. The van der Waals surface area contributed by atoms with Gasteiger partial charge in [0, 0.05) is 65.7 Å². The number of carbonyl (C=O) groups is 1. The van der Waals surface area contributed by atoms with Crippen LogP contribution < -0.4 is 10.6 Å². The molecule has 1 aromatic carbocycles. The van der Waals surface area contributed by atoms with Gasteiger partial charge < -0.3 is 25.0 Å². The third kappa shape index (κ3) is 9.13. The molecule has 30 heavy (non-hydrogen) atoms. The number of carbonyl (C=O) groups excluding carboxylic acids is 1. The minimum atomic E-state index is 0.0266. The van der Waals surface area contributed by atoms with E-state index >= 15 is 0 Å². The average molecular weight is 419 g/mol. The van der Waals surface area contributed by atoms with Crippen LogP contribution >= 0.6 is 0 Å². The number of nitrogens with zero attached hydrogens (tertiary/aromatic N) is 2. The van der Waals surface area contributed by atoms with Gasteiger partial charge in [-0.3, -0.25) is 9.79 Å². The Kier molecular flexibility index (Phi) is 11.3. The SMILES string of the molecule is CCNC(=NCCCOCC1CCOCC1)NCCc1cccc(C(=O)N(C)C)c1. The van der Waals surface area contributed by atoms with E-state index in [0.29, 0.717) is 5.92 Å². The summed E-state index contributed by atoms with van der Waals surface area (Å²) < 4.78 is 11.2. The molecule has 1 aromatic rings. The molecule has 1 heterocycles. The molecule has 2 N–H and O–H groups in total. The fourth-order valence-electron chi connectivity index (χ4n) is 3.31. The third-order valence-corrected chi connectivity index (χ3v) is 5.04. The van der Waals surface area contributed by atoms with E-state index in [9.17, 15) is 4.79 Å². The molecule has 0 saturated carbocycles. The van der Waals surface area contributed by atoms with Crippen LogP contribution in [0.25, 0.3) is 0 Å². The van der Waals surface area contributed by atoms with Gasteiger partial charge in [-0.2, -0.15) is 0 Å². The predicted octanol–water partition coefficient (Wildman–Crippen LogP) is 2.32. The maximum atomic E-state index is 12.1. The normalized spacial score (nSPS) is 15.1. The van der Waals surface area contributed by atoms with Crippen molar-refractivity contribution in [3.8, 4) is 0 Å². The number of nitrogens with one attached hydrogen (secondary N) is 2. The fourth-order valence-corrected chi connectivity index (χ4v) is 3.31. The maximum absolute atomic E-state index is 12.1. The second-order valence-electron chi connectivity index (χ2n) is 7.82. The molecule has 1 saturated heterocycles. The van der Waals surface area contributed by atoms with Gasteiger partial charge in [0.1, 0.15) is 0 Å². The molecule has 1 amide bonds. The molecule has 0 aromatic heterocycles. The predicted molar refractivity (Wildman–Crippen MR) is 121 cm³/mol. The van der Waals surface area contributed by atoms with Crippen LogP contribution in [0.3, 0.4) is 0 Å². The number of guanidine groups is 1. The third-order valence-electron chi connectivity index (χ3n) is 5.04. The van der Waals surface area contributed by atoms with Crippen LogP contribution in [-0.4, -0.2) is 76.9 Å². The fraction of sp³-hybridized carbons (Fsp3) is 0.652. The van der Waals surface area contributed by atoms with Gasteiger partial charge in [-0.25, -0.2) is 0 Å². The largest absolute Gasteiger partial charge is 0.381 e. The zero-order chi connectivity index (χ0) is 21.6. The van der Waals surface area contributed by atoms with Gasteiger partial charge in [0.2, 0.25) is 0 Å². The Bertz CT molecular complexity index is 658. The van der Waals surface area contributed by atoms with Crippen molar-refractivity contribution in [2.45, 2.75) is 32.6 Å². The highest BCUT2D eigenvalue weighted by Gasteiger charge is 2.13. The molecule has 0 aliphatic carbocycles. The molecule has 2 rings (SSSR count). The summed E-state index contributed by atoms with van der Waals surface area (Å²) in [6, 6.07) is 7.80. The minimum absolute atomic E-state index is 0.0266. The standard InChI is InChI=1S/C23H38N4O3/c1-4-24-23(25-12-6-14-30-18-20-10-15-29-16-11-20)26-13-9-19-7-5-8-21(17-19)22(28)27(2)3/h5,7-8,17,20H,4,6,9-16,18H2,1-3H3,(H2,24,25,26). The maximum Gasteiger partial charge on any atom is 0.253 e. The molecule has 7 nitrogen and oxygen atoms in total. The molecule has 0 spiro atoms. The summed E-state index contributed by atoms with van der Waals surface area (Å²) in [5, 5.41) is 6.65. The number of amides is 1. The minimum Gasteiger partial charge on any atom is -0.381 e. The molecule has 0 bridgehead atoms. The van der Waals surface area contributed by atoms with Crippen molar-refractivity contribution in [1.29, 1.82) is 0 Å². The summed E-state index contributed by atoms with van der Waals surface area (Å²) in [4.78, 5) is 18.3. The lowest BCUT2D eigenvalue weighted by atomic mass is 10.0. The summed E-state index contributed by atoms with van der Waals surface area (Å²) in [5.74, 6) is 1.49. The topological polar surface area (TPSA) is 75.2 Å². The zero-order valence-electron chi connectivity index (χ0n) is 18.8. The lowest BCUT2D eigenvalue weighted by molar-refractivity contribution is 0.0205. The summed E-state index contributed by atoms with van der Waals surface area (Å²) in [6.07, 6.45) is 3.96. The van der Waals surface area contributed by atoms with Gasteiger partial charge in [-0.1, -0.05) is 12.1 Å². The summed E-state index contributed by atoms with van der Waals surface area (Å²) in [5.41, 5.74) is 1.85. The van der Waals surface area contributed by atoms with Crippen LogP contribution in [0.5, 0.6) is 0 Å². The number of benzene rings is 1. The van der Waals surface area contributed by atoms with Crippen molar-refractivity contribution >= 4 is 11.9 Å². The van der Waals surface area contributed by atoms with Crippen LogP contribution in [0.4, 0.5) is 0 Å². The summed E-state index contributed by atoms with van der Waals surface area (Å²) in [6.45, 7) is 7.68. The number of rotatable bonds is 11. The molecule has 0 radical (unpaired) electrons. The van der Waals surface area contributed by atoms with Gasteiger partial charge in [-0.05, 0) is 56.2 Å². The molecule has 7 heteroatoms. The van der Waals surface area contributed by atoms with Gasteiger partial charge in [0.15, 0.2) is 5.96 Å². The van der Waals surface area contributed by atoms with E-state index in [-0.39, 0.29) is 5.91 Å². The highest BCUT2D eigenvalue weighted by atomic mass is 16.5. The van der Waals surface area contributed by atoms with E-state index in [4.69, 9.17) is 9.47 Å². The van der Waals surface area contributed by atoms with Gasteiger partial charge in [-0.15, -0.1) is 0 Å². The van der Waals surface area contributed by atoms with Gasteiger partial charge in [0.25, 0.3) is 5.91 Å². The Morgan fingerprint density at radius 1 is 1.27 bits per heavy atom. The molecule has 168 valence electrons. The summed E-state index contributed by atoms with van der Waals surface area (Å²) in [7, 11) is 3.54. The van der Waals surface area contributed by atoms with E-state index in [2.05, 4.69) is 22.5 Å². The quantitative estimate of drug-likeness (QED) is 0.328. The van der Waals surface area contributed by atoms with Crippen molar-refractivity contribution in [2.24, 2.45) is 10.9 Å². The first-order valence-electron chi connectivity index (χ1n) is 11.1. The highest BCUT2D eigenvalue weighted by molar-refractivity contribution is 5.94. The lowest BCUT2D eigenvalue weighted by Gasteiger charge is -2.21. The average Bonchev–Trinajstić information content (AvgIpc) is 2.76.